The highest BCUT2D eigenvalue weighted by atomic mass is 14.4. The molecule has 0 heterocycles. The number of nitrogens with two attached hydrogens (primary N) is 3. The zero-order chi connectivity index (χ0) is 12.4. The van der Waals surface area contributed by atoms with Crippen molar-refractivity contribution < 1.29 is 0 Å². The van der Waals surface area contributed by atoms with Crippen LogP contribution in [0, 0.1) is 5.92 Å². The van der Waals surface area contributed by atoms with Gasteiger partial charge >= 0.3 is 0 Å². The molecule has 0 unspecified atom stereocenters. The molecule has 14 heavy (non-hydrogen) atoms. The summed E-state index contributed by atoms with van der Waals surface area (Å²) in [7, 11) is 4.50. The smallest absolute Gasteiger partial charge is 0.0195 e. The van der Waals surface area contributed by atoms with E-state index in [1.54, 1.807) is 0 Å². The Morgan fingerprint density at radius 1 is 0.786 bits per heavy atom. The van der Waals surface area contributed by atoms with E-state index >= 15 is 0 Å². The predicted molar refractivity (Wildman–Crippen MR) is 69.3 cm³/mol. The van der Waals surface area contributed by atoms with E-state index in [9.17, 15) is 0 Å². The second kappa shape index (κ2) is 38.4. The van der Waals surface area contributed by atoms with Crippen LogP contribution in [-0.4, -0.2) is 21.1 Å². The molecule has 0 aliphatic rings. The number of rotatable bonds is 4. The molecule has 6 N–H and O–H groups in total. The van der Waals surface area contributed by atoms with E-state index in [1.807, 2.05) is 0 Å². The quantitative estimate of drug-likeness (QED) is 0.617. The molecule has 0 fully saturated rings. The fourth-order valence-corrected chi connectivity index (χ4v) is 0.803. The van der Waals surface area contributed by atoms with Crippen LogP contribution in [0.1, 0.15) is 46.5 Å². The van der Waals surface area contributed by atoms with Crippen molar-refractivity contribution >= 4 is 0 Å². The zero-order valence-electron chi connectivity index (χ0n) is 11.1. The molecule has 0 aliphatic carbocycles. The van der Waals surface area contributed by atoms with Gasteiger partial charge in [-0.3, -0.25) is 0 Å². The molecule has 3 heteroatoms. The van der Waals surface area contributed by atoms with Crippen molar-refractivity contribution in [1.29, 1.82) is 0 Å². The molecule has 92 valence electrons. The Morgan fingerprint density at radius 3 is 1.36 bits per heavy atom. The fourth-order valence-electron chi connectivity index (χ4n) is 0.803. The molecule has 0 spiro atoms. The van der Waals surface area contributed by atoms with E-state index in [0.717, 1.165) is 5.92 Å². The zero-order valence-corrected chi connectivity index (χ0v) is 11.1. The van der Waals surface area contributed by atoms with Crippen molar-refractivity contribution in [2.75, 3.05) is 21.1 Å². The predicted octanol–water partition coefficient (Wildman–Crippen LogP) is 1.95. The summed E-state index contributed by atoms with van der Waals surface area (Å²) < 4.78 is 0. The summed E-state index contributed by atoms with van der Waals surface area (Å²) in [6, 6.07) is 0. The largest absolute Gasteiger partial charge is 0.333 e. The molecule has 0 saturated carbocycles. The SMILES string of the molecule is CCCCCC(C)C.CN.CN.CN. The van der Waals surface area contributed by atoms with Crippen molar-refractivity contribution in [3.05, 3.63) is 0 Å². The van der Waals surface area contributed by atoms with Gasteiger partial charge in [0.05, 0.1) is 0 Å². The highest BCUT2D eigenvalue weighted by molar-refractivity contribution is 4.44. The lowest BCUT2D eigenvalue weighted by Crippen LogP contribution is -1.85. The van der Waals surface area contributed by atoms with Crippen molar-refractivity contribution in [2.45, 2.75) is 46.5 Å². The van der Waals surface area contributed by atoms with Crippen molar-refractivity contribution in [3.63, 3.8) is 0 Å². The van der Waals surface area contributed by atoms with Gasteiger partial charge in [-0.2, -0.15) is 0 Å². The molecule has 0 aromatic heterocycles. The van der Waals surface area contributed by atoms with Gasteiger partial charge in [0.2, 0.25) is 0 Å². The summed E-state index contributed by atoms with van der Waals surface area (Å²) in [5.41, 5.74) is 13.5. The van der Waals surface area contributed by atoms with Gasteiger partial charge in [-0.15, -0.1) is 0 Å². The molecular weight excluding hydrogens is 174 g/mol. The number of hydrogen-bond acceptors (Lipinski definition) is 3. The lowest BCUT2D eigenvalue weighted by molar-refractivity contribution is 0.534. The summed E-state index contributed by atoms with van der Waals surface area (Å²) in [6.45, 7) is 6.83. The fraction of sp³-hybridized carbons (Fsp3) is 1.00. The van der Waals surface area contributed by atoms with E-state index in [0.29, 0.717) is 0 Å². The maximum atomic E-state index is 4.50. The number of hydrogen-bond donors (Lipinski definition) is 3. The summed E-state index contributed by atoms with van der Waals surface area (Å²) in [6.07, 6.45) is 5.60. The first kappa shape index (κ1) is 23.6. The normalized spacial score (nSPS) is 7.29. The first-order chi connectivity index (χ1) is 6.77. The van der Waals surface area contributed by atoms with Gasteiger partial charge in [0, 0.05) is 0 Å². The van der Waals surface area contributed by atoms with Gasteiger partial charge in [-0.25, -0.2) is 0 Å². The molecule has 3 nitrogen and oxygen atoms in total. The Labute approximate surface area is 91.4 Å². The minimum atomic E-state index is 0.904. The molecule has 0 radical (unpaired) electrons. The van der Waals surface area contributed by atoms with Gasteiger partial charge in [0.25, 0.3) is 0 Å². The van der Waals surface area contributed by atoms with Crippen LogP contribution in [0.4, 0.5) is 0 Å². The topological polar surface area (TPSA) is 78.1 Å². The van der Waals surface area contributed by atoms with Crippen LogP contribution in [0.2, 0.25) is 0 Å². The van der Waals surface area contributed by atoms with Crippen LogP contribution in [0.25, 0.3) is 0 Å². The molecule has 0 rings (SSSR count). The highest BCUT2D eigenvalue weighted by Crippen LogP contribution is 2.06. The summed E-state index contributed by atoms with van der Waals surface area (Å²) in [5, 5.41) is 0. The lowest BCUT2D eigenvalue weighted by atomic mass is 10.1. The third-order valence-electron chi connectivity index (χ3n) is 1.39. The van der Waals surface area contributed by atoms with Gasteiger partial charge < -0.3 is 17.2 Å². The van der Waals surface area contributed by atoms with Crippen LogP contribution in [0.3, 0.4) is 0 Å². The third kappa shape index (κ3) is 59.1. The van der Waals surface area contributed by atoms with Crippen molar-refractivity contribution in [3.8, 4) is 0 Å². The Balaban J connectivity index is -0.0000000708. The van der Waals surface area contributed by atoms with E-state index in [1.165, 1.54) is 46.8 Å². The highest BCUT2D eigenvalue weighted by Gasteiger charge is 1.90. The molecular formula is C11H33N3. The monoisotopic (exact) mass is 207 g/mol. The molecule has 0 aromatic carbocycles. The first-order valence-electron chi connectivity index (χ1n) is 5.50. The minimum absolute atomic E-state index is 0.904. The van der Waals surface area contributed by atoms with Crippen LogP contribution in [0.5, 0.6) is 0 Å². The molecule has 0 aliphatic heterocycles. The number of unbranched alkanes of at least 4 members (excludes halogenated alkanes) is 2. The van der Waals surface area contributed by atoms with Crippen LogP contribution in [0.15, 0.2) is 0 Å². The first-order valence-corrected chi connectivity index (χ1v) is 5.50. The Morgan fingerprint density at radius 2 is 1.14 bits per heavy atom. The Kier molecular flexibility index (Phi) is 64.7. The Bertz CT molecular complexity index is 47.8. The van der Waals surface area contributed by atoms with Gasteiger partial charge in [0.15, 0.2) is 0 Å². The van der Waals surface area contributed by atoms with E-state index in [-0.39, 0.29) is 0 Å². The van der Waals surface area contributed by atoms with Gasteiger partial charge in [-0.1, -0.05) is 46.5 Å². The van der Waals surface area contributed by atoms with Crippen molar-refractivity contribution in [2.24, 2.45) is 23.1 Å². The van der Waals surface area contributed by atoms with E-state index in [2.05, 4.69) is 38.0 Å². The second-order valence-corrected chi connectivity index (χ2v) is 2.89. The van der Waals surface area contributed by atoms with Crippen LogP contribution < -0.4 is 17.2 Å². The average molecular weight is 207 g/mol. The molecule has 0 amide bonds. The minimum Gasteiger partial charge on any atom is -0.333 e. The average Bonchev–Trinajstić information content (AvgIpc) is 2.27. The molecule has 0 bridgehead atoms. The Hall–Kier alpha value is -0.120. The maximum absolute atomic E-state index is 4.50. The lowest BCUT2D eigenvalue weighted by Gasteiger charge is -2.00. The molecule has 0 aromatic rings. The third-order valence-corrected chi connectivity index (χ3v) is 1.39. The standard InChI is InChI=1S/C8H18.3CH5N/c1-4-5-6-7-8(2)3;3*1-2/h8H,4-7H2,1-3H3;3*2H2,1H3. The molecule has 0 saturated heterocycles. The van der Waals surface area contributed by atoms with Gasteiger partial charge in [0.1, 0.15) is 0 Å². The van der Waals surface area contributed by atoms with E-state index < -0.39 is 0 Å². The summed E-state index contributed by atoms with van der Waals surface area (Å²) in [5.74, 6) is 0.904. The summed E-state index contributed by atoms with van der Waals surface area (Å²) >= 11 is 0. The summed E-state index contributed by atoms with van der Waals surface area (Å²) in [4.78, 5) is 0. The van der Waals surface area contributed by atoms with Crippen molar-refractivity contribution in [1.82, 2.24) is 0 Å². The van der Waals surface area contributed by atoms with Gasteiger partial charge in [-0.05, 0) is 27.1 Å². The second-order valence-electron chi connectivity index (χ2n) is 2.89. The van der Waals surface area contributed by atoms with E-state index in [4.69, 9.17) is 0 Å². The molecule has 0 atom stereocenters. The van der Waals surface area contributed by atoms with Crippen LogP contribution in [-0.2, 0) is 0 Å². The van der Waals surface area contributed by atoms with Crippen LogP contribution >= 0.6 is 0 Å². The maximum Gasteiger partial charge on any atom is -0.0195 e.